The maximum atomic E-state index is 12.8. The number of rotatable bonds is 13. The number of hydrogen-bond acceptors (Lipinski definition) is 9. The van der Waals surface area contributed by atoms with Crippen molar-refractivity contribution in [3.8, 4) is 11.5 Å². The summed E-state index contributed by atoms with van der Waals surface area (Å²) in [5.41, 5.74) is -0.992. The van der Waals surface area contributed by atoms with Crippen LogP contribution >= 0.6 is 0 Å². The van der Waals surface area contributed by atoms with Crippen LogP contribution in [0.5, 0.6) is 11.5 Å². The molecule has 1 aromatic rings. The normalized spacial score (nSPS) is 13.3. The van der Waals surface area contributed by atoms with E-state index >= 15 is 0 Å². The second kappa shape index (κ2) is 13.2. The molecule has 2 atom stereocenters. The lowest BCUT2D eigenvalue weighted by Gasteiger charge is -2.24. The SMILES string of the molecule is CCC(C)(C)C(=O)Oc1ccc(C[C@H](NCC(C)OC(=O)OC)C(=O)O)cc1OC(=O)C(C)(C)CC. The predicted molar refractivity (Wildman–Crippen MR) is 132 cm³/mol. The van der Waals surface area contributed by atoms with Gasteiger partial charge < -0.3 is 29.4 Å². The van der Waals surface area contributed by atoms with E-state index in [4.69, 9.17) is 14.2 Å². The minimum atomic E-state index is -1.12. The lowest BCUT2D eigenvalue weighted by molar-refractivity contribution is -0.147. The van der Waals surface area contributed by atoms with Crippen molar-refractivity contribution in [3.63, 3.8) is 0 Å². The molecule has 1 aromatic carbocycles. The Labute approximate surface area is 212 Å². The molecule has 0 saturated carbocycles. The number of ether oxygens (including phenoxy) is 4. The van der Waals surface area contributed by atoms with Gasteiger partial charge in [-0.15, -0.1) is 0 Å². The summed E-state index contributed by atoms with van der Waals surface area (Å²) in [5, 5.41) is 12.5. The molecule has 0 aliphatic heterocycles. The quantitative estimate of drug-likeness (QED) is 0.295. The Morgan fingerprint density at radius 3 is 1.94 bits per heavy atom. The third kappa shape index (κ3) is 9.14. The molecule has 10 heteroatoms. The van der Waals surface area contributed by atoms with Gasteiger partial charge in [-0.25, -0.2) is 4.79 Å². The van der Waals surface area contributed by atoms with Gasteiger partial charge in [0.1, 0.15) is 12.1 Å². The van der Waals surface area contributed by atoms with Crippen LogP contribution in [0.15, 0.2) is 18.2 Å². The molecule has 0 saturated heterocycles. The largest absolute Gasteiger partial charge is 0.508 e. The highest BCUT2D eigenvalue weighted by atomic mass is 16.7. The molecule has 10 nitrogen and oxygen atoms in total. The zero-order chi connectivity index (χ0) is 27.7. The van der Waals surface area contributed by atoms with Gasteiger partial charge in [0.05, 0.1) is 17.9 Å². The van der Waals surface area contributed by atoms with Gasteiger partial charge in [0, 0.05) is 6.54 Å². The minimum Gasteiger partial charge on any atom is -0.480 e. The molecule has 2 N–H and O–H groups in total. The van der Waals surface area contributed by atoms with Crippen molar-refractivity contribution < 1.29 is 43.2 Å². The number of nitrogens with one attached hydrogen (secondary N) is 1. The summed E-state index contributed by atoms with van der Waals surface area (Å²) in [6, 6.07) is 3.56. The van der Waals surface area contributed by atoms with E-state index in [9.17, 15) is 24.3 Å². The van der Waals surface area contributed by atoms with Crippen molar-refractivity contribution in [1.29, 1.82) is 0 Å². The number of carboxylic acid groups (broad SMARTS) is 1. The van der Waals surface area contributed by atoms with E-state index in [1.807, 2.05) is 13.8 Å². The van der Waals surface area contributed by atoms with Gasteiger partial charge in [-0.05, 0) is 71.6 Å². The molecule has 0 amide bonds. The van der Waals surface area contributed by atoms with E-state index in [0.29, 0.717) is 18.4 Å². The predicted octanol–water partition coefficient (Wildman–Crippen LogP) is 4.13. The number of methoxy groups -OCH3 is 1. The number of hydrogen-bond donors (Lipinski definition) is 2. The summed E-state index contributed by atoms with van der Waals surface area (Å²) >= 11 is 0. The van der Waals surface area contributed by atoms with Crippen molar-refractivity contribution in [2.45, 2.75) is 79.9 Å². The lowest BCUT2D eigenvalue weighted by atomic mass is 9.90. The van der Waals surface area contributed by atoms with Crippen LogP contribution in [-0.2, 0) is 30.3 Å². The van der Waals surface area contributed by atoms with Gasteiger partial charge in [0.25, 0.3) is 0 Å². The van der Waals surface area contributed by atoms with Crippen molar-refractivity contribution in [2.24, 2.45) is 10.8 Å². The van der Waals surface area contributed by atoms with Gasteiger partial charge in [-0.3, -0.25) is 14.4 Å². The summed E-state index contributed by atoms with van der Waals surface area (Å²) in [6.45, 7) is 12.4. The van der Waals surface area contributed by atoms with Crippen LogP contribution < -0.4 is 14.8 Å². The number of carbonyl (C=O) groups excluding carboxylic acids is 3. The number of esters is 2. The maximum absolute atomic E-state index is 12.8. The molecule has 1 rings (SSSR count). The van der Waals surface area contributed by atoms with E-state index in [1.165, 1.54) is 19.2 Å². The van der Waals surface area contributed by atoms with Gasteiger partial charge in [-0.1, -0.05) is 19.9 Å². The van der Waals surface area contributed by atoms with Crippen LogP contribution in [0.1, 0.15) is 66.9 Å². The Morgan fingerprint density at radius 2 is 1.47 bits per heavy atom. The fourth-order valence-corrected chi connectivity index (χ4v) is 2.65. The van der Waals surface area contributed by atoms with Crippen LogP contribution in [0.3, 0.4) is 0 Å². The van der Waals surface area contributed by atoms with Crippen molar-refractivity contribution in [3.05, 3.63) is 23.8 Å². The van der Waals surface area contributed by atoms with Gasteiger partial charge in [0.2, 0.25) is 0 Å². The van der Waals surface area contributed by atoms with Crippen molar-refractivity contribution >= 4 is 24.1 Å². The van der Waals surface area contributed by atoms with Crippen molar-refractivity contribution in [1.82, 2.24) is 5.32 Å². The monoisotopic (exact) mass is 509 g/mol. The Balaban J connectivity index is 3.19. The highest BCUT2D eigenvalue weighted by Gasteiger charge is 2.31. The molecule has 202 valence electrons. The average Bonchev–Trinajstić information content (AvgIpc) is 2.82. The van der Waals surface area contributed by atoms with Crippen LogP contribution in [0.4, 0.5) is 4.79 Å². The van der Waals surface area contributed by atoms with Crippen molar-refractivity contribution in [2.75, 3.05) is 13.7 Å². The van der Waals surface area contributed by atoms with Crippen LogP contribution in [-0.4, -0.2) is 55.0 Å². The molecule has 0 spiro atoms. The Hall–Kier alpha value is -3.14. The standard InChI is InChI=1S/C26H39NO9/c1-9-25(4,5)22(30)35-19-12-11-17(14-20(19)36-23(31)26(6,7)10-2)13-18(21(28)29)27-15-16(3)34-24(32)33-8/h11-12,14,16,18,27H,9-10,13,15H2,1-8H3,(H,28,29)/t16?,18-/m0/s1. The molecule has 1 unspecified atom stereocenters. The highest BCUT2D eigenvalue weighted by Crippen LogP contribution is 2.34. The third-order valence-corrected chi connectivity index (χ3v) is 6.14. The van der Waals surface area contributed by atoms with Gasteiger partial charge in [-0.2, -0.15) is 0 Å². The summed E-state index contributed by atoms with van der Waals surface area (Å²) in [7, 11) is 1.18. The molecule has 0 aromatic heterocycles. The van der Waals surface area contributed by atoms with Gasteiger partial charge >= 0.3 is 24.1 Å². The van der Waals surface area contributed by atoms with E-state index in [0.717, 1.165) is 0 Å². The second-order valence-corrected chi connectivity index (χ2v) is 9.92. The molecule has 0 fully saturated rings. The number of aliphatic carboxylic acids is 1. The lowest BCUT2D eigenvalue weighted by Crippen LogP contribution is -2.42. The molecule has 0 heterocycles. The summed E-state index contributed by atoms with van der Waals surface area (Å²) < 4.78 is 20.6. The number of benzene rings is 1. The maximum Gasteiger partial charge on any atom is 0.508 e. The fraction of sp³-hybridized carbons (Fsp3) is 0.615. The average molecular weight is 510 g/mol. The first kappa shape index (κ1) is 30.9. The molecule has 0 bridgehead atoms. The zero-order valence-electron chi connectivity index (χ0n) is 22.4. The Bertz CT molecular complexity index is 939. The first-order valence-corrected chi connectivity index (χ1v) is 11.9. The van der Waals surface area contributed by atoms with Crippen LogP contribution in [0, 0.1) is 10.8 Å². The summed E-state index contributed by atoms with van der Waals surface area (Å²) in [4.78, 5) is 48.5. The first-order valence-electron chi connectivity index (χ1n) is 11.9. The zero-order valence-corrected chi connectivity index (χ0v) is 22.4. The topological polar surface area (TPSA) is 137 Å². The van der Waals surface area contributed by atoms with Gasteiger partial charge in [0.15, 0.2) is 11.5 Å². The second-order valence-electron chi connectivity index (χ2n) is 9.92. The highest BCUT2D eigenvalue weighted by molar-refractivity contribution is 5.81. The number of carboxylic acids is 1. The Morgan fingerprint density at radius 1 is 0.944 bits per heavy atom. The van der Waals surface area contributed by atoms with E-state index in [-0.39, 0.29) is 24.5 Å². The van der Waals surface area contributed by atoms with Crippen LogP contribution in [0.25, 0.3) is 0 Å². The smallest absolute Gasteiger partial charge is 0.480 e. The van der Waals surface area contributed by atoms with E-state index in [1.54, 1.807) is 40.7 Å². The first-order chi connectivity index (χ1) is 16.7. The Kier molecular flexibility index (Phi) is 11.4. The molecule has 0 aliphatic rings. The summed E-state index contributed by atoms with van der Waals surface area (Å²) in [6.07, 6.45) is -0.395. The molecule has 0 aliphatic carbocycles. The van der Waals surface area contributed by atoms with E-state index in [2.05, 4.69) is 10.1 Å². The van der Waals surface area contributed by atoms with E-state index < -0.39 is 47.0 Å². The molecular weight excluding hydrogens is 470 g/mol. The molecule has 36 heavy (non-hydrogen) atoms. The fourth-order valence-electron chi connectivity index (χ4n) is 2.65. The number of carbonyl (C=O) groups is 4. The third-order valence-electron chi connectivity index (χ3n) is 6.14. The van der Waals surface area contributed by atoms with Crippen LogP contribution in [0.2, 0.25) is 0 Å². The molecule has 0 radical (unpaired) electrons. The molecular formula is C26H39NO9. The minimum absolute atomic E-state index is 0.0245. The summed E-state index contributed by atoms with van der Waals surface area (Å²) in [5.74, 6) is -1.99.